The third kappa shape index (κ3) is 9.08. The van der Waals surface area contributed by atoms with Gasteiger partial charge in [-0.15, -0.1) is 24.0 Å². The van der Waals surface area contributed by atoms with E-state index < -0.39 is 0 Å². The van der Waals surface area contributed by atoms with Crippen molar-refractivity contribution in [2.24, 2.45) is 4.99 Å². The van der Waals surface area contributed by atoms with Crippen molar-refractivity contribution in [1.29, 1.82) is 0 Å². The first-order valence-electron chi connectivity index (χ1n) is 11.5. The van der Waals surface area contributed by atoms with Crippen LogP contribution >= 0.6 is 24.0 Å². The number of benzene rings is 1. The van der Waals surface area contributed by atoms with Crippen LogP contribution in [0.2, 0.25) is 0 Å². The molecule has 30 heavy (non-hydrogen) atoms. The first-order chi connectivity index (χ1) is 14.2. The molecule has 0 aromatic heterocycles. The summed E-state index contributed by atoms with van der Waals surface area (Å²) in [4.78, 5) is 12.3. The number of likely N-dealkylation sites (tertiary alicyclic amines) is 1. The van der Waals surface area contributed by atoms with E-state index in [0.29, 0.717) is 6.54 Å². The summed E-state index contributed by atoms with van der Waals surface area (Å²) in [5, 5.41) is 6.88. The SMILES string of the molecule is CCNC(=NCc1ccc(CN2CCCC2)cc1)NCCN1CCCN(C)CC1.I. The quantitative estimate of drug-likeness (QED) is 0.309. The molecule has 0 spiro atoms. The van der Waals surface area contributed by atoms with Gasteiger partial charge in [-0.2, -0.15) is 0 Å². The zero-order valence-electron chi connectivity index (χ0n) is 18.9. The fourth-order valence-corrected chi connectivity index (χ4v) is 4.12. The summed E-state index contributed by atoms with van der Waals surface area (Å²) >= 11 is 0. The van der Waals surface area contributed by atoms with Crippen molar-refractivity contribution in [1.82, 2.24) is 25.3 Å². The maximum atomic E-state index is 4.79. The fraction of sp³-hybridized carbons (Fsp3) is 0.696. The number of nitrogens with zero attached hydrogens (tertiary/aromatic N) is 4. The van der Waals surface area contributed by atoms with Crippen molar-refractivity contribution in [3.05, 3.63) is 35.4 Å². The van der Waals surface area contributed by atoms with Crippen LogP contribution < -0.4 is 10.6 Å². The van der Waals surface area contributed by atoms with E-state index in [-0.39, 0.29) is 24.0 Å². The summed E-state index contributed by atoms with van der Waals surface area (Å²) in [5.41, 5.74) is 2.68. The van der Waals surface area contributed by atoms with Gasteiger partial charge in [0.1, 0.15) is 0 Å². The van der Waals surface area contributed by atoms with Gasteiger partial charge in [0.2, 0.25) is 0 Å². The van der Waals surface area contributed by atoms with Crippen molar-refractivity contribution in [3.8, 4) is 0 Å². The van der Waals surface area contributed by atoms with E-state index in [2.05, 4.69) is 63.6 Å². The molecule has 0 amide bonds. The van der Waals surface area contributed by atoms with Crippen LogP contribution in [0, 0.1) is 0 Å². The second-order valence-corrected chi connectivity index (χ2v) is 8.42. The largest absolute Gasteiger partial charge is 0.357 e. The zero-order valence-corrected chi connectivity index (χ0v) is 21.2. The van der Waals surface area contributed by atoms with E-state index in [4.69, 9.17) is 4.99 Å². The van der Waals surface area contributed by atoms with E-state index >= 15 is 0 Å². The molecule has 2 saturated heterocycles. The Kier molecular flexibility index (Phi) is 12.0. The average molecular weight is 529 g/mol. The Hall–Kier alpha value is -0.900. The maximum Gasteiger partial charge on any atom is 0.191 e. The van der Waals surface area contributed by atoms with Gasteiger partial charge >= 0.3 is 0 Å². The Labute approximate surface area is 200 Å². The van der Waals surface area contributed by atoms with Crippen molar-refractivity contribution in [2.45, 2.75) is 39.3 Å². The summed E-state index contributed by atoms with van der Waals surface area (Å²) < 4.78 is 0. The molecular formula is C23H41IN6. The topological polar surface area (TPSA) is 46.1 Å². The molecule has 7 heteroatoms. The minimum atomic E-state index is 0. The Morgan fingerprint density at radius 3 is 2.30 bits per heavy atom. The smallest absolute Gasteiger partial charge is 0.191 e. The molecule has 2 aliphatic rings. The third-order valence-electron chi connectivity index (χ3n) is 5.92. The van der Waals surface area contributed by atoms with Gasteiger partial charge in [-0.25, -0.2) is 4.99 Å². The predicted molar refractivity (Wildman–Crippen MR) is 138 cm³/mol. The molecule has 0 unspecified atom stereocenters. The van der Waals surface area contributed by atoms with Crippen LogP contribution in [0.25, 0.3) is 0 Å². The summed E-state index contributed by atoms with van der Waals surface area (Å²) in [5.74, 6) is 0.917. The minimum Gasteiger partial charge on any atom is -0.357 e. The Morgan fingerprint density at radius 2 is 1.57 bits per heavy atom. The molecule has 0 atom stereocenters. The number of hydrogen-bond acceptors (Lipinski definition) is 4. The Balaban J connectivity index is 0.00000320. The summed E-state index contributed by atoms with van der Waals surface area (Å²) in [6.07, 6.45) is 3.96. The zero-order chi connectivity index (χ0) is 20.3. The number of hydrogen-bond donors (Lipinski definition) is 2. The molecule has 3 rings (SSSR count). The number of rotatable bonds is 8. The highest BCUT2D eigenvalue weighted by Crippen LogP contribution is 2.13. The first kappa shape index (κ1) is 25.4. The van der Waals surface area contributed by atoms with E-state index in [9.17, 15) is 0 Å². The van der Waals surface area contributed by atoms with Crippen molar-refractivity contribution in [2.75, 3.05) is 66.0 Å². The van der Waals surface area contributed by atoms with Gasteiger partial charge in [0.05, 0.1) is 6.54 Å². The molecule has 2 fully saturated rings. The van der Waals surface area contributed by atoms with E-state index in [1.807, 2.05) is 0 Å². The normalized spacial score (nSPS) is 19.3. The Bertz CT molecular complexity index is 615. The van der Waals surface area contributed by atoms with Crippen LogP contribution in [0.3, 0.4) is 0 Å². The molecule has 2 N–H and O–H groups in total. The second-order valence-electron chi connectivity index (χ2n) is 8.42. The summed E-state index contributed by atoms with van der Waals surface area (Å²) in [6.45, 7) is 14.0. The molecule has 2 aliphatic heterocycles. The number of guanidine groups is 1. The van der Waals surface area contributed by atoms with Crippen LogP contribution in [-0.4, -0.2) is 86.6 Å². The standard InChI is InChI=1S/C23H40N6.HI/c1-3-24-23(25-11-16-28-15-6-12-27(2)17-18-28)26-19-21-7-9-22(10-8-21)20-29-13-4-5-14-29;/h7-10H,3-6,11-20H2,1-2H3,(H2,24,25,26);1H. The lowest BCUT2D eigenvalue weighted by Gasteiger charge is -2.21. The lowest BCUT2D eigenvalue weighted by Crippen LogP contribution is -2.42. The predicted octanol–water partition coefficient (Wildman–Crippen LogP) is 2.59. The van der Waals surface area contributed by atoms with Gasteiger partial charge in [0, 0.05) is 39.3 Å². The molecule has 1 aromatic rings. The fourth-order valence-electron chi connectivity index (χ4n) is 4.12. The van der Waals surface area contributed by atoms with E-state index in [0.717, 1.165) is 38.7 Å². The van der Waals surface area contributed by atoms with Crippen LogP contribution in [0.4, 0.5) is 0 Å². The Morgan fingerprint density at radius 1 is 0.867 bits per heavy atom. The highest BCUT2D eigenvalue weighted by atomic mass is 127. The molecule has 0 bridgehead atoms. The second kappa shape index (κ2) is 14.2. The number of halogens is 1. The maximum absolute atomic E-state index is 4.79. The molecule has 0 radical (unpaired) electrons. The van der Waals surface area contributed by atoms with E-state index in [1.54, 1.807) is 0 Å². The first-order valence-corrected chi connectivity index (χ1v) is 11.5. The summed E-state index contributed by atoms with van der Waals surface area (Å²) in [6, 6.07) is 8.98. The monoisotopic (exact) mass is 528 g/mol. The van der Waals surface area contributed by atoms with Crippen molar-refractivity contribution < 1.29 is 0 Å². The summed E-state index contributed by atoms with van der Waals surface area (Å²) in [7, 11) is 2.22. The number of aliphatic imine (C=N–C) groups is 1. The molecule has 0 saturated carbocycles. The van der Waals surface area contributed by atoms with Crippen LogP contribution in [0.5, 0.6) is 0 Å². The third-order valence-corrected chi connectivity index (χ3v) is 5.92. The molecule has 0 aliphatic carbocycles. The van der Waals surface area contributed by atoms with Gasteiger partial charge in [0.15, 0.2) is 5.96 Å². The molecule has 2 heterocycles. The number of likely N-dealkylation sites (N-methyl/N-ethyl adjacent to an activating group) is 1. The van der Waals surface area contributed by atoms with Gasteiger partial charge < -0.3 is 20.4 Å². The lowest BCUT2D eigenvalue weighted by molar-refractivity contribution is 0.280. The molecule has 170 valence electrons. The molecule has 1 aromatic carbocycles. The van der Waals surface area contributed by atoms with Gasteiger partial charge in [-0.3, -0.25) is 4.90 Å². The van der Waals surface area contributed by atoms with Crippen molar-refractivity contribution in [3.63, 3.8) is 0 Å². The van der Waals surface area contributed by atoms with Gasteiger partial charge in [0.25, 0.3) is 0 Å². The lowest BCUT2D eigenvalue weighted by atomic mass is 10.1. The van der Waals surface area contributed by atoms with Crippen LogP contribution in [0.15, 0.2) is 29.3 Å². The molecule has 6 nitrogen and oxygen atoms in total. The minimum absolute atomic E-state index is 0. The number of nitrogens with one attached hydrogen (secondary N) is 2. The van der Waals surface area contributed by atoms with Crippen molar-refractivity contribution >= 4 is 29.9 Å². The average Bonchev–Trinajstić information content (AvgIpc) is 3.15. The highest BCUT2D eigenvalue weighted by Gasteiger charge is 2.12. The van der Waals surface area contributed by atoms with Gasteiger partial charge in [-0.1, -0.05) is 24.3 Å². The molecular weight excluding hydrogens is 487 g/mol. The van der Waals surface area contributed by atoms with Crippen LogP contribution in [0.1, 0.15) is 37.3 Å². The van der Waals surface area contributed by atoms with Gasteiger partial charge in [-0.05, 0) is 70.5 Å². The van der Waals surface area contributed by atoms with E-state index in [1.165, 1.54) is 63.1 Å². The van der Waals surface area contributed by atoms with Crippen LogP contribution in [-0.2, 0) is 13.1 Å². The highest BCUT2D eigenvalue weighted by molar-refractivity contribution is 14.0.